The number of aromatic nitrogens is 2. The van der Waals surface area contributed by atoms with Crippen molar-refractivity contribution >= 4 is 28.7 Å². The van der Waals surface area contributed by atoms with Crippen molar-refractivity contribution < 1.29 is 9.53 Å². The molecule has 1 aliphatic carbocycles. The maximum Gasteiger partial charge on any atom is 0.293 e. The Labute approximate surface area is 193 Å². The number of hydrogen-bond donors (Lipinski definition) is 3. The lowest BCUT2D eigenvalue weighted by molar-refractivity contribution is -0.124. The van der Waals surface area contributed by atoms with E-state index >= 15 is 0 Å². The van der Waals surface area contributed by atoms with Crippen LogP contribution >= 0.6 is 0 Å². The van der Waals surface area contributed by atoms with Gasteiger partial charge in [-0.25, -0.2) is 4.98 Å². The zero-order valence-electron chi connectivity index (χ0n) is 19.5. The number of hydrogen-bond acceptors (Lipinski definition) is 6. The van der Waals surface area contributed by atoms with Gasteiger partial charge < -0.3 is 25.7 Å². The number of benzene rings is 1. The van der Waals surface area contributed by atoms with Crippen LogP contribution in [0.3, 0.4) is 0 Å². The molecular weight excluding hydrogens is 418 g/mol. The highest BCUT2D eigenvalue weighted by Crippen LogP contribution is 2.39. The number of aryl methyl sites for hydroxylation is 2. The van der Waals surface area contributed by atoms with Gasteiger partial charge in [0.15, 0.2) is 5.82 Å². The van der Waals surface area contributed by atoms with Crippen LogP contribution in [0, 0.1) is 12.3 Å². The fourth-order valence-corrected chi connectivity index (χ4v) is 4.11. The zero-order chi connectivity index (χ0) is 23.8. The van der Waals surface area contributed by atoms with Crippen LogP contribution in [0.1, 0.15) is 37.9 Å². The van der Waals surface area contributed by atoms with E-state index in [-0.39, 0.29) is 28.7 Å². The molecule has 2 aromatic rings. The number of rotatable bonds is 5. The van der Waals surface area contributed by atoms with Crippen molar-refractivity contribution in [3.63, 3.8) is 0 Å². The second-order valence-corrected chi connectivity index (χ2v) is 9.25. The third kappa shape index (κ3) is 4.62. The summed E-state index contributed by atoms with van der Waals surface area (Å²) in [4.78, 5) is 30.0. The second-order valence-electron chi connectivity index (χ2n) is 9.25. The molecule has 1 aromatic heterocycles. The summed E-state index contributed by atoms with van der Waals surface area (Å²) in [5, 5.41) is 6.08. The van der Waals surface area contributed by atoms with Crippen LogP contribution in [0.15, 0.2) is 47.4 Å². The molecule has 8 heteroatoms. The van der Waals surface area contributed by atoms with Gasteiger partial charge in [-0.1, -0.05) is 38.1 Å². The van der Waals surface area contributed by atoms with E-state index in [4.69, 9.17) is 10.5 Å². The van der Waals surface area contributed by atoms with Crippen molar-refractivity contribution in [3.8, 4) is 0 Å². The Hall–Kier alpha value is -3.23. The molecule has 4 rings (SSSR count). The average molecular weight is 450 g/mol. The Bertz CT molecular complexity index is 1190. The van der Waals surface area contributed by atoms with E-state index in [9.17, 15) is 9.59 Å². The number of carbonyl (C=O) groups is 1. The van der Waals surface area contributed by atoms with Gasteiger partial charge in [0.05, 0.1) is 5.69 Å². The van der Waals surface area contributed by atoms with Crippen molar-refractivity contribution in [2.24, 2.45) is 18.2 Å². The fourth-order valence-electron chi connectivity index (χ4n) is 4.11. The van der Waals surface area contributed by atoms with Gasteiger partial charge in [-0.05, 0) is 43.0 Å². The molecule has 2 unspecified atom stereocenters. The number of nitrogens with one attached hydrogen (secondary N) is 2. The van der Waals surface area contributed by atoms with Gasteiger partial charge in [-0.2, -0.15) is 0 Å². The lowest BCUT2D eigenvalue weighted by Gasteiger charge is -2.34. The molecule has 0 saturated carbocycles. The highest BCUT2D eigenvalue weighted by molar-refractivity contribution is 5.95. The van der Waals surface area contributed by atoms with Crippen molar-refractivity contribution in [1.82, 2.24) is 9.55 Å². The molecular formula is C25H31N5O3. The monoisotopic (exact) mass is 449 g/mol. The van der Waals surface area contributed by atoms with Crippen molar-refractivity contribution in [1.29, 1.82) is 0 Å². The molecule has 1 amide bonds. The Morgan fingerprint density at radius 2 is 2.12 bits per heavy atom. The summed E-state index contributed by atoms with van der Waals surface area (Å²) in [6.07, 6.45) is 8.80. The van der Waals surface area contributed by atoms with Gasteiger partial charge >= 0.3 is 0 Å². The second kappa shape index (κ2) is 8.96. The molecule has 2 atom stereocenters. The van der Waals surface area contributed by atoms with Gasteiger partial charge in [-0.3, -0.25) is 9.59 Å². The van der Waals surface area contributed by atoms with Crippen LogP contribution in [0.25, 0.3) is 5.57 Å². The molecule has 0 radical (unpaired) electrons. The highest BCUT2D eigenvalue weighted by Gasteiger charge is 2.33. The minimum Gasteiger partial charge on any atom is -0.368 e. The summed E-state index contributed by atoms with van der Waals surface area (Å²) in [5.74, 6) is 0.0507. The summed E-state index contributed by atoms with van der Waals surface area (Å²) in [7, 11) is 1.70. The molecule has 1 aliphatic heterocycles. The number of nitrogens with zero attached hydrogens (tertiary/aromatic N) is 2. The summed E-state index contributed by atoms with van der Waals surface area (Å²) in [5.41, 5.74) is 9.60. The molecule has 1 saturated heterocycles. The van der Waals surface area contributed by atoms with E-state index in [1.165, 1.54) is 4.57 Å². The molecule has 2 heterocycles. The van der Waals surface area contributed by atoms with E-state index in [0.29, 0.717) is 23.7 Å². The number of amides is 1. The molecule has 1 fully saturated rings. The molecule has 0 bridgehead atoms. The largest absolute Gasteiger partial charge is 0.368 e. The van der Waals surface area contributed by atoms with Gasteiger partial charge in [0.25, 0.3) is 11.5 Å². The first-order chi connectivity index (χ1) is 15.7. The molecule has 2 aliphatic rings. The highest BCUT2D eigenvalue weighted by atomic mass is 16.5. The van der Waals surface area contributed by atoms with Crippen LogP contribution in [-0.2, 0) is 16.6 Å². The average Bonchev–Trinajstić information content (AvgIpc) is 3.31. The van der Waals surface area contributed by atoms with E-state index in [1.807, 2.05) is 37.3 Å². The van der Waals surface area contributed by atoms with Crippen LogP contribution in [0.5, 0.6) is 0 Å². The fraction of sp³-hybridized carbons (Fsp3) is 0.400. The first-order valence-electron chi connectivity index (χ1n) is 11.2. The molecule has 174 valence electrons. The van der Waals surface area contributed by atoms with Crippen molar-refractivity contribution in [3.05, 3.63) is 64.2 Å². The van der Waals surface area contributed by atoms with Gasteiger partial charge in [-0.15, -0.1) is 0 Å². The Morgan fingerprint density at radius 3 is 2.85 bits per heavy atom. The molecule has 1 aromatic carbocycles. The first-order valence-corrected chi connectivity index (χ1v) is 11.2. The zero-order valence-corrected chi connectivity index (χ0v) is 19.5. The molecule has 8 nitrogen and oxygen atoms in total. The Kier molecular flexibility index (Phi) is 6.23. The number of nitrogens with two attached hydrogens (primary N) is 1. The summed E-state index contributed by atoms with van der Waals surface area (Å²) in [6, 6.07) is 5.39. The Morgan fingerprint density at radius 1 is 1.33 bits per heavy atom. The van der Waals surface area contributed by atoms with Gasteiger partial charge in [0, 0.05) is 42.7 Å². The lowest BCUT2D eigenvalue weighted by Crippen LogP contribution is -2.38. The van der Waals surface area contributed by atoms with Gasteiger partial charge in [0.2, 0.25) is 0 Å². The topological polar surface area (TPSA) is 111 Å². The third-order valence-corrected chi connectivity index (χ3v) is 6.44. The van der Waals surface area contributed by atoms with Crippen molar-refractivity contribution in [2.45, 2.75) is 45.8 Å². The van der Waals surface area contributed by atoms with E-state index < -0.39 is 6.10 Å². The Balaban J connectivity index is 1.63. The van der Waals surface area contributed by atoms with E-state index in [2.05, 4.69) is 29.5 Å². The number of allylic oxidation sites excluding steroid dienone is 2. The molecule has 0 spiro atoms. The summed E-state index contributed by atoms with van der Waals surface area (Å²) < 4.78 is 6.99. The third-order valence-electron chi connectivity index (χ3n) is 6.44. The predicted octanol–water partition coefficient (Wildman–Crippen LogP) is 3.26. The smallest absolute Gasteiger partial charge is 0.293 e. The van der Waals surface area contributed by atoms with Crippen LogP contribution in [0.2, 0.25) is 0 Å². The minimum absolute atomic E-state index is 0.153. The molecule has 33 heavy (non-hydrogen) atoms. The van der Waals surface area contributed by atoms with Gasteiger partial charge in [0.1, 0.15) is 6.10 Å². The maximum absolute atomic E-state index is 12.8. The lowest BCUT2D eigenvalue weighted by atomic mass is 9.73. The predicted molar refractivity (Wildman–Crippen MR) is 130 cm³/mol. The van der Waals surface area contributed by atoms with Crippen LogP contribution < -0.4 is 21.9 Å². The van der Waals surface area contributed by atoms with E-state index in [0.717, 1.165) is 24.0 Å². The SMILES string of the molecule is Cc1ccc(Nc2nc(C3=CC=CC(N)C3(C)C)cn(C)c2=O)cc1NC(=O)C1CCCO1. The van der Waals surface area contributed by atoms with Crippen LogP contribution in [-0.4, -0.2) is 34.2 Å². The number of ether oxygens (including phenoxy) is 1. The van der Waals surface area contributed by atoms with Crippen molar-refractivity contribution in [2.75, 3.05) is 17.2 Å². The quantitative estimate of drug-likeness (QED) is 0.646. The van der Waals surface area contributed by atoms with E-state index in [1.54, 1.807) is 19.3 Å². The van der Waals surface area contributed by atoms with Crippen LogP contribution in [0.4, 0.5) is 17.2 Å². The summed E-state index contributed by atoms with van der Waals surface area (Å²) >= 11 is 0. The summed E-state index contributed by atoms with van der Waals surface area (Å²) in [6.45, 7) is 6.66. The normalized spacial score (nSPS) is 21.5. The number of anilines is 3. The standard InChI is InChI=1S/C25H31N5O3/c1-15-10-11-16(13-18(15)29-23(31)20-8-6-12-33-20)27-22-24(32)30(4)14-19(28-22)17-7-5-9-21(26)25(17,2)3/h5,7,9-11,13-14,20-21H,6,8,12,26H2,1-4H3,(H,27,28)(H,29,31). The minimum atomic E-state index is -0.417. The number of carbonyl (C=O) groups excluding carboxylic acids is 1. The first kappa shape index (κ1) is 22.9. The maximum atomic E-state index is 12.8. The molecule has 4 N–H and O–H groups in total.